The monoisotopic (exact) mass is 255 g/mol. The molecular formula is C12H21N3OS. The fourth-order valence-electron chi connectivity index (χ4n) is 1.61. The van der Waals surface area contributed by atoms with Crippen LogP contribution in [0.25, 0.3) is 0 Å². The van der Waals surface area contributed by atoms with Crippen LogP contribution < -0.4 is 11.3 Å². The molecule has 1 aromatic rings. The molecule has 1 heterocycles. The molecule has 17 heavy (non-hydrogen) atoms. The van der Waals surface area contributed by atoms with E-state index in [1.165, 1.54) is 29.1 Å². The van der Waals surface area contributed by atoms with Crippen molar-refractivity contribution in [2.75, 3.05) is 13.1 Å². The Morgan fingerprint density at radius 1 is 1.47 bits per heavy atom. The van der Waals surface area contributed by atoms with Crippen LogP contribution >= 0.6 is 11.3 Å². The van der Waals surface area contributed by atoms with E-state index in [-0.39, 0.29) is 5.91 Å². The van der Waals surface area contributed by atoms with Gasteiger partial charge in [0.15, 0.2) is 0 Å². The van der Waals surface area contributed by atoms with Crippen molar-refractivity contribution in [3.63, 3.8) is 0 Å². The van der Waals surface area contributed by atoms with Crippen LogP contribution in [0.5, 0.6) is 0 Å². The van der Waals surface area contributed by atoms with Crippen LogP contribution in [0.2, 0.25) is 0 Å². The van der Waals surface area contributed by atoms with Crippen LogP contribution in [0.15, 0.2) is 12.1 Å². The van der Waals surface area contributed by atoms with E-state index >= 15 is 0 Å². The number of nitrogen functional groups attached to an aromatic ring is 1. The number of carbonyl (C=O) groups is 1. The van der Waals surface area contributed by atoms with Crippen molar-refractivity contribution in [2.24, 2.45) is 5.84 Å². The molecule has 0 radical (unpaired) electrons. The van der Waals surface area contributed by atoms with Gasteiger partial charge < -0.3 is 0 Å². The summed E-state index contributed by atoms with van der Waals surface area (Å²) >= 11 is 1.51. The lowest BCUT2D eigenvalue weighted by atomic mass is 10.3. The van der Waals surface area contributed by atoms with Gasteiger partial charge in [0.05, 0.1) is 4.88 Å². The van der Waals surface area contributed by atoms with Crippen molar-refractivity contribution in [3.05, 3.63) is 21.9 Å². The summed E-state index contributed by atoms with van der Waals surface area (Å²) in [6.45, 7) is 7.43. The SMILES string of the molecule is CCCCN(CC)Cc1ccc(C(=O)NN)s1. The predicted molar refractivity (Wildman–Crippen MR) is 71.8 cm³/mol. The van der Waals surface area contributed by atoms with Gasteiger partial charge in [0.1, 0.15) is 0 Å². The molecule has 0 saturated carbocycles. The van der Waals surface area contributed by atoms with E-state index < -0.39 is 0 Å². The number of unbranched alkanes of at least 4 members (excludes halogenated alkanes) is 1. The molecule has 0 spiro atoms. The summed E-state index contributed by atoms with van der Waals surface area (Å²) in [6.07, 6.45) is 2.43. The highest BCUT2D eigenvalue weighted by Gasteiger charge is 2.09. The Morgan fingerprint density at radius 2 is 2.24 bits per heavy atom. The van der Waals surface area contributed by atoms with E-state index in [9.17, 15) is 4.79 Å². The highest BCUT2D eigenvalue weighted by Crippen LogP contribution is 2.18. The minimum absolute atomic E-state index is 0.210. The van der Waals surface area contributed by atoms with Crippen molar-refractivity contribution in [1.82, 2.24) is 10.3 Å². The number of nitrogens with one attached hydrogen (secondary N) is 1. The molecule has 1 aromatic heterocycles. The smallest absolute Gasteiger partial charge is 0.275 e. The first-order valence-electron chi connectivity index (χ1n) is 6.03. The van der Waals surface area contributed by atoms with E-state index in [0.717, 1.165) is 19.6 Å². The predicted octanol–water partition coefficient (Wildman–Crippen LogP) is 1.97. The Kier molecular flexibility index (Phi) is 6.18. The molecule has 4 nitrogen and oxygen atoms in total. The Morgan fingerprint density at radius 3 is 2.82 bits per heavy atom. The number of hydrogen-bond acceptors (Lipinski definition) is 4. The molecule has 3 N–H and O–H groups in total. The molecule has 96 valence electrons. The number of thiophene rings is 1. The molecule has 5 heteroatoms. The molecule has 0 fully saturated rings. The van der Waals surface area contributed by atoms with Crippen LogP contribution in [0.1, 0.15) is 41.2 Å². The maximum Gasteiger partial charge on any atom is 0.275 e. The zero-order valence-electron chi connectivity index (χ0n) is 10.5. The second-order valence-electron chi connectivity index (χ2n) is 3.96. The molecule has 0 aliphatic carbocycles. The molecule has 0 bridgehead atoms. The summed E-state index contributed by atoms with van der Waals surface area (Å²) in [5.41, 5.74) is 2.15. The van der Waals surface area contributed by atoms with E-state index in [1.807, 2.05) is 12.1 Å². The van der Waals surface area contributed by atoms with Crippen LogP contribution in [-0.4, -0.2) is 23.9 Å². The van der Waals surface area contributed by atoms with E-state index in [4.69, 9.17) is 5.84 Å². The third-order valence-corrected chi connectivity index (χ3v) is 3.74. The molecule has 1 rings (SSSR count). The zero-order chi connectivity index (χ0) is 12.7. The fourth-order valence-corrected chi connectivity index (χ4v) is 2.56. The number of hydrogen-bond donors (Lipinski definition) is 2. The first kappa shape index (κ1) is 14.2. The van der Waals surface area contributed by atoms with Gasteiger partial charge in [-0.25, -0.2) is 5.84 Å². The second-order valence-corrected chi connectivity index (χ2v) is 5.13. The highest BCUT2D eigenvalue weighted by molar-refractivity contribution is 7.14. The first-order valence-corrected chi connectivity index (χ1v) is 6.84. The van der Waals surface area contributed by atoms with E-state index in [2.05, 4.69) is 24.2 Å². The largest absolute Gasteiger partial charge is 0.299 e. The van der Waals surface area contributed by atoms with Crippen LogP contribution in [-0.2, 0) is 6.54 Å². The molecule has 0 aliphatic rings. The maximum absolute atomic E-state index is 11.3. The molecule has 0 atom stereocenters. The molecule has 0 aromatic carbocycles. The topological polar surface area (TPSA) is 58.4 Å². The molecule has 0 saturated heterocycles. The van der Waals surface area contributed by atoms with Gasteiger partial charge in [-0.15, -0.1) is 11.3 Å². The number of nitrogens with two attached hydrogens (primary N) is 1. The van der Waals surface area contributed by atoms with Gasteiger partial charge in [-0.2, -0.15) is 0 Å². The molecule has 1 amide bonds. The van der Waals surface area contributed by atoms with Gasteiger partial charge in [0.2, 0.25) is 0 Å². The number of amides is 1. The van der Waals surface area contributed by atoms with Gasteiger partial charge in [0, 0.05) is 11.4 Å². The quantitative estimate of drug-likeness (QED) is 0.445. The molecule has 0 unspecified atom stereocenters. The van der Waals surface area contributed by atoms with Gasteiger partial charge in [-0.3, -0.25) is 15.1 Å². The van der Waals surface area contributed by atoms with Crippen molar-refractivity contribution in [1.29, 1.82) is 0 Å². The lowest BCUT2D eigenvalue weighted by Crippen LogP contribution is -2.29. The summed E-state index contributed by atoms with van der Waals surface area (Å²) in [7, 11) is 0. The third kappa shape index (κ3) is 4.46. The minimum atomic E-state index is -0.210. The Balaban J connectivity index is 2.54. The molecule has 0 aliphatic heterocycles. The first-order chi connectivity index (χ1) is 8.21. The normalized spacial score (nSPS) is 10.8. The number of nitrogens with zero attached hydrogens (tertiary/aromatic N) is 1. The number of hydrazine groups is 1. The van der Waals surface area contributed by atoms with Gasteiger partial charge in [0.25, 0.3) is 5.91 Å². The third-order valence-electron chi connectivity index (χ3n) is 2.67. The van der Waals surface area contributed by atoms with Crippen molar-refractivity contribution < 1.29 is 4.79 Å². The molecular weight excluding hydrogens is 234 g/mol. The highest BCUT2D eigenvalue weighted by atomic mass is 32.1. The lowest BCUT2D eigenvalue weighted by Gasteiger charge is -2.18. The summed E-state index contributed by atoms with van der Waals surface area (Å²) in [6, 6.07) is 3.83. The zero-order valence-corrected chi connectivity index (χ0v) is 11.3. The minimum Gasteiger partial charge on any atom is -0.299 e. The number of carbonyl (C=O) groups excluding carboxylic acids is 1. The van der Waals surface area contributed by atoms with E-state index in [0.29, 0.717) is 4.88 Å². The Labute approximate surface area is 107 Å². The second kappa shape index (κ2) is 7.42. The lowest BCUT2D eigenvalue weighted by molar-refractivity contribution is 0.0957. The van der Waals surface area contributed by atoms with Crippen LogP contribution in [0, 0.1) is 0 Å². The Bertz CT molecular complexity index is 351. The standard InChI is InChI=1S/C12H21N3OS/c1-3-5-8-15(4-2)9-10-6-7-11(17-10)12(16)14-13/h6-7H,3-5,8-9,13H2,1-2H3,(H,14,16). The van der Waals surface area contributed by atoms with Crippen LogP contribution in [0.3, 0.4) is 0 Å². The summed E-state index contributed by atoms with van der Waals surface area (Å²) in [4.78, 5) is 15.6. The summed E-state index contributed by atoms with van der Waals surface area (Å²) in [5, 5.41) is 0. The van der Waals surface area contributed by atoms with Crippen molar-refractivity contribution in [3.8, 4) is 0 Å². The van der Waals surface area contributed by atoms with Gasteiger partial charge in [-0.1, -0.05) is 20.3 Å². The average molecular weight is 255 g/mol. The van der Waals surface area contributed by atoms with Crippen LogP contribution in [0.4, 0.5) is 0 Å². The maximum atomic E-state index is 11.3. The fraction of sp³-hybridized carbons (Fsp3) is 0.583. The summed E-state index contributed by atoms with van der Waals surface area (Å²) in [5.74, 6) is 4.89. The Hall–Kier alpha value is -0.910. The van der Waals surface area contributed by atoms with Crippen molar-refractivity contribution >= 4 is 17.2 Å². The number of rotatable bonds is 7. The van der Waals surface area contributed by atoms with E-state index in [1.54, 1.807) is 0 Å². The summed E-state index contributed by atoms with van der Waals surface area (Å²) < 4.78 is 0. The van der Waals surface area contributed by atoms with Crippen molar-refractivity contribution in [2.45, 2.75) is 33.2 Å². The van der Waals surface area contributed by atoms with Gasteiger partial charge >= 0.3 is 0 Å². The van der Waals surface area contributed by atoms with Gasteiger partial charge in [-0.05, 0) is 31.6 Å². The average Bonchev–Trinajstić information content (AvgIpc) is 2.81.